The molecule has 0 amide bonds. The van der Waals surface area contributed by atoms with Crippen molar-refractivity contribution >= 4 is 0 Å². The quantitative estimate of drug-likeness (QED) is 0.583. The molecule has 1 rings (SSSR count). The van der Waals surface area contributed by atoms with Gasteiger partial charge in [0.25, 0.3) is 5.82 Å². The van der Waals surface area contributed by atoms with Crippen molar-refractivity contribution in [3.05, 3.63) is 24.3 Å². The maximum atomic E-state index is 4.20. The molecule has 0 radical (unpaired) electrons. The summed E-state index contributed by atoms with van der Waals surface area (Å²) in [5, 5.41) is 0. The van der Waals surface area contributed by atoms with Gasteiger partial charge in [0.1, 0.15) is 6.20 Å². The summed E-state index contributed by atoms with van der Waals surface area (Å²) in [6.07, 6.45) is 3.90. The number of hydrogen-bond acceptors (Lipinski definition) is 1. The molecular formula is C9H15N2+. The fourth-order valence-electron chi connectivity index (χ4n) is 1.06. The molecule has 0 N–H and O–H groups in total. The van der Waals surface area contributed by atoms with Gasteiger partial charge in [0.05, 0.1) is 12.7 Å². The van der Waals surface area contributed by atoms with E-state index in [9.17, 15) is 0 Å². The Labute approximate surface area is 67.9 Å². The summed E-state index contributed by atoms with van der Waals surface area (Å²) >= 11 is 0. The van der Waals surface area contributed by atoms with Crippen LogP contribution in [0, 0.1) is 12.8 Å². The highest BCUT2D eigenvalue weighted by atomic mass is 15.0. The first-order valence-corrected chi connectivity index (χ1v) is 4.01. The zero-order valence-electron chi connectivity index (χ0n) is 7.41. The predicted molar refractivity (Wildman–Crippen MR) is 44.0 cm³/mol. The lowest BCUT2D eigenvalue weighted by molar-refractivity contribution is -0.711. The van der Waals surface area contributed by atoms with Crippen molar-refractivity contribution in [3.8, 4) is 0 Å². The predicted octanol–water partition coefficient (Wildman–Crippen LogP) is 1.33. The summed E-state index contributed by atoms with van der Waals surface area (Å²) in [5.74, 6) is 1.77. The number of hydrogen-bond donors (Lipinski definition) is 0. The first kappa shape index (κ1) is 8.18. The molecule has 0 aromatic carbocycles. The lowest BCUT2D eigenvalue weighted by atomic mass is 10.2. The molecule has 1 aromatic rings. The molecule has 1 aromatic heterocycles. The van der Waals surface area contributed by atoms with Gasteiger partial charge in [-0.3, -0.25) is 0 Å². The molecule has 0 spiro atoms. The average molecular weight is 151 g/mol. The summed E-state index contributed by atoms with van der Waals surface area (Å²) in [6, 6.07) is 1.97. The highest BCUT2D eigenvalue weighted by Crippen LogP contribution is 1.91. The van der Waals surface area contributed by atoms with Crippen LogP contribution in [0.1, 0.15) is 19.7 Å². The number of aromatic nitrogens is 2. The molecule has 0 fully saturated rings. The van der Waals surface area contributed by atoms with Crippen LogP contribution in [0.25, 0.3) is 0 Å². The Bertz CT molecular complexity index is 231. The second-order valence-electron chi connectivity index (χ2n) is 3.21. The number of nitrogens with zero attached hydrogens (tertiary/aromatic N) is 2. The average Bonchev–Trinajstić information content (AvgIpc) is 1.93. The van der Waals surface area contributed by atoms with Crippen molar-refractivity contribution in [2.24, 2.45) is 5.92 Å². The van der Waals surface area contributed by atoms with E-state index in [-0.39, 0.29) is 0 Å². The molecule has 60 valence electrons. The van der Waals surface area contributed by atoms with E-state index in [0.717, 1.165) is 12.4 Å². The number of aryl methyl sites for hydroxylation is 1. The molecule has 11 heavy (non-hydrogen) atoms. The van der Waals surface area contributed by atoms with Gasteiger partial charge in [-0.05, 0) is 5.92 Å². The summed E-state index contributed by atoms with van der Waals surface area (Å²) in [5.41, 5.74) is 0. The van der Waals surface area contributed by atoms with Crippen LogP contribution in [-0.2, 0) is 6.54 Å². The first-order chi connectivity index (χ1) is 5.20. The van der Waals surface area contributed by atoms with E-state index < -0.39 is 0 Å². The van der Waals surface area contributed by atoms with E-state index in [1.165, 1.54) is 0 Å². The molecular weight excluding hydrogens is 136 g/mol. The Hall–Kier alpha value is -0.920. The zero-order chi connectivity index (χ0) is 8.27. The van der Waals surface area contributed by atoms with E-state index in [1.54, 1.807) is 0 Å². The molecule has 0 atom stereocenters. The third-order valence-electron chi connectivity index (χ3n) is 1.59. The minimum atomic E-state index is 0.683. The molecule has 1 heterocycles. The fourth-order valence-corrected chi connectivity index (χ4v) is 1.06. The van der Waals surface area contributed by atoms with Gasteiger partial charge in [-0.2, -0.15) is 0 Å². The minimum Gasteiger partial charge on any atom is -0.235 e. The van der Waals surface area contributed by atoms with Gasteiger partial charge >= 0.3 is 0 Å². The van der Waals surface area contributed by atoms with Gasteiger partial charge in [-0.1, -0.05) is 18.8 Å². The van der Waals surface area contributed by atoms with Gasteiger partial charge in [-0.15, -0.1) is 0 Å². The van der Waals surface area contributed by atoms with Gasteiger partial charge in [0, 0.05) is 13.0 Å². The van der Waals surface area contributed by atoms with Crippen LogP contribution in [-0.4, -0.2) is 4.98 Å². The zero-order valence-corrected chi connectivity index (χ0v) is 7.41. The third kappa shape index (κ3) is 2.30. The van der Waals surface area contributed by atoms with Gasteiger partial charge in [0.15, 0.2) is 0 Å². The molecule has 2 heteroatoms. The van der Waals surface area contributed by atoms with E-state index in [0.29, 0.717) is 5.92 Å². The minimum absolute atomic E-state index is 0.683. The maximum Gasteiger partial charge on any atom is 0.295 e. The Morgan fingerprint density at radius 3 is 2.82 bits per heavy atom. The SMILES string of the molecule is Cc1nccc[n+]1CC(C)C. The molecule has 2 nitrogen and oxygen atoms in total. The fraction of sp³-hybridized carbons (Fsp3) is 0.556. The van der Waals surface area contributed by atoms with E-state index >= 15 is 0 Å². The second kappa shape index (κ2) is 3.46. The standard InChI is InChI=1S/C9H15N2/c1-8(2)7-11-6-4-5-10-9(11)3/h4-6,8H,7H2,1-3H3/q+1. The lowest BCUT2D eigenvalue weighted by Gasteiger charge is -2.02. The summed E-state index contributed by atoms with van der Waals surface area (Å²) in [7, 11) is 0. The Morgan fingerprint density at radius 1 is 1.55 bits per heavy atom. The van der Waals surface area contributed by atoms with Gasteiger partial charge in [-0.25, -0.2) is 4.57 Å². The maximum absolute atomic E-state index is 4.20. The van der Waals surface area contributed by atoms with Crippen LogP contribution in [0.15, 0.2) is 18.5 Å². The highest BCUT2D eigenvalue weighted by Gasteiger charge is 2.05. The molecule has 0 aliphatic heterocycles. The third-order valence-corrected chi connectivity index (χ3v) is 1.59. The van der Waals surface area contributed by atoms with Crippen LogP contribution in [0.4, 0.5) is 0 Å². The van der Waals surface area contributed by atoms with Crippen molar-refractivity contribution < 1.29 is 4.57 Å². The van der Waals surface area contributed by atoms with Gasteiger partial charge < -0.3 is 0 Å². The van der Waals surface area contributed by atoms with Crippen molar-refractivity contribution in [1.82, 2.24) is 4.98 Å². The molecule has 0 saturated carbocycles. The van der Waals surface area contributed by atoms with Crippen molar-refractivity contribution in [3.63, 3.8) is 0 Å². The monoisotopic (exact) mass is 151 g/mol. The molecule has 0 unspecified atom stereocenters. The smallest absolute Gasteiger partial charge is 0.235 e. The Kier molecular flexibility index (Phi) is 2.58. The van der Waals surface area contributed by atoms with Crippen LogP contribution in [0.5, 0.6) is 0 Å². The van der Waals surface area contributed by atoms with E-state index in [2.05, 4.69) is 29.6 Å². The van der Waals surface area contributed by atoms with Crippen LogP contribution < -0.4 is 4.57 Å². The summed E-state index contributed by atoms with van der Waals surface area (Å²) in [6.45, 7) is 7.50. The summed E-state index contributed by atoms with van der Waals surface area (Å²) in [4.78, 5) is 4.20. The Balaban J connectivity index is 2.78. The van der Waals surface area contributed by atoms with Crippen LogP contribution >= 0.6 is 0 Å². The van der Waals surface area contributed by atoms with E-state index in [1.807, 2.05) is 19.2 Å². The molecule has 0 saturated heterocycles. The van der Waals surface area contributed by atoms with Crippen LogP contribution in [0.3, 0.4) is 0 Å². The Morgan fingerprint density at radius 2 is 2.27 bits per heavy atom. The first-order valence-electron chi connectivity index (χ1n) is 4.01. The van der Waals surface area contributed by atoms with Crippen molar-refractivity contribution in [2.75, 3.05) is 0 Å². The second-order valence-corrected chi connectivity index (χ2v) is 3.21. The van der Waals surface area contributed by atoms with Crippen molar-refractivity contribution in [2.45, 2.75) is 27.3 Å². The van der Waals surface area contributed by atoms with E-state index in [4.69, 9.17) is 0 Å². The van der Waals surface area contributed by atoms with Crippen LogP contribution in [0.2, 0.25) is 0 Å². The lowest BCUT2D eigenvalue weighted by Crippen LogP contribution is -2.39. The topological polar surface area (TPSA) is 16.8 Å². The largest absolute Gasteiger partial charge is 0.295 e. The van der Waals surface area contributed by atoms with Crippen molar-refractivity contribution in [1.29, 1.82) is 0 Å². The normalized spacial score (nSPS) is 10.5. The molecule has 0 bridgehead atoms. The van der Waals surface area contributed by atoms with Gasteiger partial charge in [0.2, 0.25) is 0 Å². The number of rotatable bonds is 2. The molecule has 0 aliphatic carbocycles. The highest BCUT2D eigenvalue weighted by molar-refractivity contribution is 4.76. The molecule has 0 aliphatic rings. The summed E-state index contributed by atoms with van der Waals surface area (Å²) < 4.78 is 2.17.